The van der Waals surface area contributed by atoms with Gasteiger partial charge in [0.1, 0.15) is 5.75 Å². The summed E-state index contributed by atoms with van der Waals surface area (Å²) in [5.74, 6) is -0.0306. The fourth-order valence-electron chi connectivity index (χ4n) is 0.931. The monoisotopic (exact) mass is 262 g/mol. The van der Waals surface area contributed by atoms with Gasteiger partial charge in [0, 0.05) is 12.0 Å². The molecule has 0 aliphatic carbocycles. The third kappa shape index (κ3) is 2.23. The van der Waals surface area contributed by atoms with Crippen LogP contribution in [0.3, 0.4) is 0 Å². The van der Waals surface area contributed by atoms with Crippen molar-refractivity contribution in [1.29, 1.82) is 0 Å². The van der Waals surface area contributed by atoms with Crippen molar-refractivity contribution >= 4 is 33.3 Å². The Kier molecular flexibility index (Phi) is 3.33. The number of rotatable bonds is 2. The van der Waals surface area contributed by atoms with E-state index in [9.17, 15) is 9.90 Å². The first-order chi connectivity index (χ1) is 6.06. The number of hydrogen-bond acceptors (Lipinski definition) is 2. The summed E-state index contributed by atoms with van der Waals surface area (Å²) in [7, 11) is 0. The van der Waals surface area contributed by atoms with Crippen molar-refractivity contribution < 1.29 is 9.90 Å². The highest BCUT2D eigenvalue weighted by Crippen LogP contribution is 2.33. The molecule has 0 fully saturated rings. The zero-order chi connectivity index (χ0) is 10.0. The van der Waals surface area contributed by atoms with Crippen LogP contribution in [-0.4, -0.2) is 10.9 Å². The van der Waals surface area contributed by atoms with Gasteiger partial charge in [-0.2, -0.15) is 0 Å². The van der Waals surface area contributed by atoms with Crippen LogP contribution in [0.4, 0.5) is 0 Å². The Morgan fingerprint density at radius 1 is 1.62 bits per heavy atom. The van der Waals surface area contributed by atoms with Crippen LogP contribution < -0.4 is 0 Å². The Hall–Kier alpha value is -0.540. The molecule has 1 N–H and O–H groups in total. The summed E-state index contributed by atoms with van der Waals surface area (Å²) in [6, 6.07) is 3.03. The number of aromatic hydroxyl groups is 1. The number of carbonyl (C=O) groups is 1. The van der Waals surface area contributed by atoms with Crippen LogP contribution in [0.5, 0.6) is 5.75 Å². The second-order valence-electron chi connectivity index (χ2n) is 2.57. The molecule has 0 aliphatic rings. The average molecular weight is 264 g/mol. The Bertz CT molecular complexity index is 326. The predicted molar refractivity (Wildman–Crippen MR) is 55.4 cm³/mol. The van der Waals surface area contributed by atoms with Crippen LogP contribution in [0, 0.1) is 0 Å². The molecule has 0 unspecified atom stereocenters. The van der Waals surface area contributed by atoms with Gasteiger partial charge in [-0.1, -0.05) is 18.5 Å². The van der Waals surface area contributed by atoms with Crippen molar-refractivity contribution in [3.05, 3.63) is 27.2 Å². The number of benzene rings is 1. The van der Waals surface area contributed by atoms with Crippen LogP contribution in [0.15, 0.2) is 16.6 Å². The molecule has 0 saturated carbocycles. The molecular weight excluding hydrogens is 255 g/mol. The van der Waals surface area contributed by atoms with Crippen molar-refractivity contribution in [2.75, 3.05) is 0 Å². The lowest BCUT2D eigenvalue weighted by atomic mass is 10.1. The highest BCUT2D eigenvalue weighted by molar-refractivity contribution is 9.10. The third-order valence-electron chi connectivity index (χ3n) is 1.66. The summed E-state index contributed by atoms with van der Waals surface area (Å²) in [5.41, 5.74) is 0.511. The lowest BCUT2D eigenvalue weighted by Gasteiger charge is -2.03. The van der Waals surface area contributed by atoms with Gasteiger partial charge in [0.05, 0.1) is 9.50 Å². The number of hydrogen-bond donors (Lipinski definition) is 1. The smallest absolute Gasteiger partial charge is 0.162 e. The molecule has 1 rings (SSSR count). The molecule has 4 heteroatoms. The second-order valence-corrected chi connectivity index (χ2v) is 3.83. The highest BCUT2D eigenvalue weighted by atomic mass is 79.9. The first-order valence-electron chi connectivity index (χ1n) is 3.77. The number of ketones is 1. The molecule has 0 atom stereocenters. The Morgan fingerprint density at radius 3 is 2.69 bits per heavy atom. The maximum atomic E-state index is 11.3. The van der Waals surface area contributed by atoms with E-state index in [0.29, 0.717) is 16.5 Å². The molecule has 0 aliphatic heterocycles. The Balaban J connectivity index is 3.20. The summed E-state index contributed by atoms with van der Waals surface area (Å²) in [6.07, 6.45) is 0.424. The summed E-state index contributed by atoms with van der Waals surface area (Å²) < 4.78 is 0.441. The molecule has 1 aromatic rings. The molecule has 0 amide bonds. The minimum atomic E-state index is -0.0330. The molecule has 1 aromatic carbocycles. The molecule has 70 valence electrons. The van der Waals surface area contributed by atoms with E-state index in [1.165, 1.54) is 6.07 Å². The lowest BCUT2D eigenvalue weighted by molar-refractivity contribution is 0.0988. The molecular formula is C9H8BrClO2. The van der Waals surface area contributed by atoms with Crippen LogP contribution >= 0.6 is 27.5 Å². The molecule has 0 aromatic heterocycles. The van der Waals surface area contributed by atoms with E-state index in [0.717, 1.165) is 0 Å². The molecule has 0 bridgehead atoms. The van der Waals surface area contributed by atoms with Gasteiger partial charge < -0.3 is 5.11 Å². The van der Waals surface area contributed by atoms with Crippen molar-refractivity contribution in [2.24, 2.45) is 0 Å². The normalized spacial score (nSPS) is 10.1. The van der Waals surface area contributed by atoms with Crippen LogP contribution in [0.2, 0.25) is 5.02 Å². The van der Waals surface area contributed by atoms with Crippen LogP contribution in [-0.2, 0) is 0 Å². The first kappa shape index (κ1) is 10.5. The summed E-state index contributed by atoms with van der Waals surface area (Å²) in [5, 5.41) is 9.48. The predicted octanol–water partition coefficient (Wildman–Crippen LogP) is 3.40. The number of carbonyl (C=O) groups excluding carboxylic acids is 1. The SMILES string of the molecule is CCC(=O)c1cc(Cl)c(O)c(Br)c1. The second kappa shape index (κ2) is 4.11. The minimum Gasteiger partial charge on any atom is -0.505 e. The number of Topliss-reactive ketones (excluding diaryl/α,β-unsaturated/α-hetero) is 1. The molecule has 0 heterocycles. The fraction of sp³-hybridized carbons (Fsp3) is 0.222. The summed E-state index contributed by atoms with van der Waals surface area (Å²) in [6.45, 7) is 1.77. The minimum absolute atomic E-state index is 0.00241. The number of phenols is 1. The standard InChI is InChI=1S/C9H8BrClO2/c1-2-8(12)5-3-6(10)9(13)7(11)4-5/h3-4,13H,2H2,1H3. The molecule has 0 spiro atoms. The van der Waals surface area contributed by atoms with Gasteiger partial charge in [-0.15, -0.1) is 0 Å². The van der Waals surface area contributed by atoms with Crippen molar-refractivity contribution in [3.8, 4) is 5.75 Å². The van der Waals surface area contributed by atoms with E-state index in [4.69, 9.17) is 11.6 Å². The largest absolute Gasteiger partial charge is 0.505 e. The summed E-state index contributed by atoms with van der Waals surface area (Å²) in [4.78, 5) is 11.3. The van der Waals surface area contributed by atoms with Gasteiger partial charge in [0.25, 0.3) is 0 Å². The highest BCUT2D eigenvalue weighted by Gasteiger charge is 2.10. The van der Waals surface area contributed by atoms with E-state index in [1.54, 1.807) is 13.0 Å². The maximum absolute atomic E-state index is 11.3. The van der Waals surface area contributed by atoms with Gasteiger partial charge in [0.2, 0.25) is 0 Å². The number of halogens is 2. The van der Waals surface area contributed by atoms with E-state index in [1.807, 2.05) is 0 Å². The quantitative estimate of drug-likeness (QED) is 0.830. The van der Waals surface area contributed by atoms with Crippen molar-refractivity contribution in [3.63, 3.8) is 0 Å². The van der Waals surface area contributed by atoms with E-state index >= 15 is 0 Å². The van der Waals surface area contributed by atoms with Gasteiger partial charge >= 0.3 is 0 Å². The first-order valence-corrected chi connectivity index (χ1v) is 4.94. The lowest BCUT2D eigenvalue weighted by Crippen LogP contribution is -1.96. The Labute approximate surface area is 89.7 Å². The van der Waals surface area contributed by atoms with Gasteiger partial charge in [-0.05, 0) is 28.1 Å². The van der Waals surface area contributed by atoms with Crippen molar-refractivity contribution in [1.82, 2.24) is 0 Å². The van der Waals surface area contributed by atoms with Crippen molar-refractivity contribution in [2.45, 2.75) is 13.3 Å². The number of phenolic OH excluding ortho intramolecular Hbond substituents is 1. The summed E-state index contributed by atoms with van der Waals surface area (Å²) >= 11 is 8.80. The topological polar surface area (TPSA) is 37.3 Å². The molecule has 0 radical (unpaired) electrons. The van der Waals surface area contributed by atoms with E-state index < -0.39 is 0 Å². The van der Waals surface area contributed by atoms with Gasteiger partial charge in [-0.3, -0.25) is 4.79 Å². The zero-order valence-corrected chi connectivity index (χ0v) is 9.32. The van der Waals surface area contributed by atoms with Gasteiger partial charge in [0.15, 0.2) is 5.78 Å². The van der Waals surface area contributed by atoms with Crippen LogP contribution in [0.1, 0.15) is 23.7 Å². The Morgan fingerprint density at radius 2 is 2.23 bits per heavy atom. The van der Waals surface area contributed by atoms with Crippen LogP contribution in [0.25, 0.3) is 0 Å². The molecule has 13 heavy (non-hydrogen) atoms. The average Bonchev–Trinajstić information content (AvgIpc) is 2.12. The van der Waals surface area contributed by atoms with E-state index in [2.05, 4.69) is 15.9 Å². The van der Waals surface area contributed by atoms with Gasteiger partial charge in [-0.25, -0.2) is 0 Å². The third-order valence-corrected chi connectivity index (χ3v) is 2.55. The maximum Gasteiger partial charge on any atom is 0.162 e. The van der Waals surface area contributed by atoms with E-state index in [-0.39, 0.29) is 16.6 Å². The fourth-order valence-corrected chi connectivity index (χ4v) is 1.72. The molecule has 0 saturated heterocycles. The molecule has 2 nitrogen and oxygen atoms in total. The zero-order valence-electron chi connectivity index (χ0n) is 6.97.